The minimum atomic E-state index is -0.0675. The summed E-state index contributed by atoms with van der Waals surface area (Å²) in [5.74, 6) is -0.0675. The Bertz CT molecular complexity index is 706. The van der Waals surface area contributed by atoms with E-state index < -0.39 is 0 Å². The van der Waals surface area contributed by atoms with Crippen LogP contribution in [0.25, 0.3) is 0 Å². The third-order valence-corrected chi connectivity index (χ3v) is 4.37. The lowest BCUT2D eigenvalue weighted by molar-refractivity contribution is 0.0943. The van der Waals surface area contributed by atoms with Gasteiger partial charge in [-0.3, -0.25) is 9.69 Å². The van der Waals surface area contributed by atoms with E-state index >= 15 is 0 Å². The van der Waals surface area contributed by atoms with Crippen LogP contribution in [-0.2, 0) is 6.54 Å². The maximum Gasteiger partial charge on any atom is 0.179 e. The quantitative estimate of drug-likeness (QED) is 0.765. The topological polar surface area (TPSA) is 44.1 Å². The van der Waals surface area contributed by atoms with Crippen LogP contribution in [0.2, 0.25) is 8.67 Å². The van der Waals surface area contributed by atoms with Gasteiger partial charge in [-0.15, -0.1) is 11.3 Å². The number of hydrogen-bond acceptors (Lipinski definition) is 4. The van der Waals surface area contributed by atoms with Crippen LogP contribution >= 0.6 is 34.5 Å². The lowest BCUT2D eigenvalue weighted by Gasteiger charge is -2.15. The number of ketones is 1. The first-order valence-electron chi connectivity index (χ1n) is 6.15. The first-order chi connectivity index (χ1) is 9.99. The van der Waals surface area contributed by atoms with Gasteiger partial charge in [-0.2, -0.15) is 5.26 Å². The van der Waals surface area contributed by atoms with E-state index in [9.17, 15) is 4.79 Å². The lowest BCUT2D eigenvalue weighted by Crippen LogP contribution is -2.25. The van der Waals surface area contributed by atoms with Crippen molar-refractivity contribution >= 4 is 40.3 Å². The van der Waals surface area contributed by atoms with E-state index in [4.69, 9.17) is 28.5 Å². The first-order valence-corrected chi connectivity index (χ1v) is 7.72. The highest BCUT2D eigenvalue weighted by Gasteiger charge is 2.16. The monoisotopic (exact) mass is 338 g/mol. The summed E-state index contributed by atoms with van der Waals surface area (Å²) in [7, 11) is 1.85. The van der Waals surface area contributed by atoms with Crippen LogP contribution < -0.4 is 0 Å². The summed E-state index contributed by atoms with van der Waals surface area (Å²) >= 11 is 13.0. The Morgan fingerprint density at radius 1 is 1.38 bits per heavy atom. The highest BCUT2D eigenvalue weighted by molar-refractivity contribution is 7.20. The zero-order valence-corrected chi connectivity index (χ0v) is 13.6. The maximum absolute atomic E-state index is 12.2. The number of thiophene rings is 1. The number of likely N-dealkylation sites (N-methyl/N-ethyl adjacent to an activating group) is 1. The summed E-state index contributed by atoms with van der Waals surface area (Å²) in [5, 5.41) is 8.88. The molecule has 1 aromatic heterocycles. The first kappa shape index (κ1) is 16.0. The number of hydrogen-bond donors (Lipinski definition) is 0. The van der Waals surface area contributed by atoms with Crippen LogP contribution in [0.3, 0.4) is 0 Å². The van der Waals surface area contributed by atoms with E-state index in [0.717, 1.165) is 5.56 Å². The molecule has 108 valence electrons. The van der Waals surface area contributed by atoms with Crippen LogP contribution in [-0.4, -0.2) is 24.3 Å². The predicted molar refractivity (Wildman–Crippen MR) is 86.2 cm³/mol. The molecule has 0 aliphatic heterocycles. The zero-order chi connectivity index (χ0) is 15.4. The molecular weight excluding hydrogens is 327 g/mol. The van der Waals surface area contributed by atoms with E-state index in [-0.39, 0.29) is 12.3 Å². The van der Waals surface area contributed by atoms with Crippen molar-refractivity contribution in [3.63, 3.8) is 0 Å². The smallest absolute Gasteiger partial charge is 0.179 e. The van der Waals surface area contributed by atoms with Gasteiger partial charge < -0.3 is 0 Å². The van der Waals surface area contributed by atoms with E-state index in [0.29, 0.717) is 26.3 Å². The third kappa shape index (κ3) is 4.29. The van der Waals surface area contributed by atoms with Crippen molar-refractivity contribution in [2.75, 3.05) is 13.6 Å². The summed E-state index contributed by atoms with van der Waals surface area (Å²) < 4.78 is 0.928. The molecule has 0 saturated carbocycles. The fraction of sp³-hybridized carbons (Fsp3) is 0.200. The summed E-state index contributed by atoms with van der Waals surface area (Å²) in [6.45, 7) is 0.820. The molecule has 0 unspecified atom stereocenters. The number of halogens is 2. The largest absolute Gasteiger partial charge is 0.295 e. The van der Waals surface area contributed by atoms with Gasteiger partial charge in [-0.1, -0.05) is 35.3 Å². The molecule has 0 fully saturated rings. The molecule has 3 nitrogen and oxygen atoms in total. The summed E-state index contributed by atoms with van der Waals surface area (Å²) in [6, 6.07) is 11.0. The summed E-state index contributed by atoms with van der Waals surface area (Å²) in [6.07, 6.45) is 0. The van der Waals surface area contributed by atoms with Crippen molar-refractivity contribution in [2.24, 2.45) is 0 Å². The SMILES string of the molecule is CN(CC(=O)c1cc(Cl)sc1Cl)Cc1cccc(C#N)c1. The van der Waals surface area contributed by atoms with Gasteiger partial charge in [0.05, 0.1) is 28.1 Å². The fourth-order valence-electron chi connectivity index (χ4n) is 1.97. The normalized spacial score (nSPS) is 10.6. The number of benzene rings is 1. The van der Waals surface area contributed by atoms with Gasteiger partial charge >= 0.3 is 0 Å². The van der Waals surface area contributed by atoms with Gasteiger partial charge in [0, 0.05) is 6.54 Å². The molecule has 0 saturated heterocycles. The molecule has 6 heteroatoms. The Balaban J connectivity index is 2.01. The van der Waals surface area contributed by atoms with Crippen LogP contribution in [0.1, 0.15) is 21.5 Å². The minimum Gasteiger partial charge on any atom is -0.295 e. The van der Waals surface area contributed by atoms with Gasteiger partial charge in [0.25, 0.3) is 0 Å². The minimum absolute atomic E-state index is 0.0675. The van der Waals surface area contributed by atoms with Crippen molar-refractivity contribution in [1.29, 1.82) is 5.26 Å². The summed E-state index contributed by atoms with van der Waals surface area (Å²) in [4.78, 5) is 14.0. The molecule has 2 aromatic rings. The molecule has 0 radical (unpaired) electrons. The number of carbonyl (C=O) groups excluding carboxylic acids is 1. The van der Waals surface area contributed by atoms with E-state index in [2.05, 4.69) is 6.07 Å². The highest BCUT2D eigenvalue weighted by Crippen LogP contribution is 2.31. The average Bonchev–Trinajstić information content (AvgIpc) is 2.77. The second-order valence-electron chi connectivity index (χ2n) is 4.65. The van der Waals surface area contributed by atoms with Crippen molar-refractivity contribution in [1.82, 2.24) is 4.90 Å². The second-order valence-corrected chi connectivity index (χ2v) is 6.93. The van der Waals surface area contributed by atoms with Gasteiger partial charge in [0.15, 0.2) is 5.78 Å². The van der Waals surface area contributed by atoms with Crippen molar-refractivity contribution in [3.05, 3.63) is 55.7 Å². The standard InChI is InChI=1S/C15H12Cl2N2OS/c1-19(8-11-4-2-3-10(5-11)7-18)9-13(20)12-6-14(16)21-15(12)17/h2-6H,8-9H2,1H3. The Morgan fingerprint density at radius 3 is 2.76 bits per heavy atom. The molecule has 0 N–H and O–H groups in total. The molecule has 0 bridgehead atoms. The van der Waals surface area contributed by atoms with Crippen molar-refractivity contribution in [2.45, 2.75) is 6.54 Å². The predicted octanol–water partition coefficient (Wildman–Crippen LogP) is 4.24. The molecular formula is C15H12Cl2N2OS. The van der Waals surface area contributed by atoms with E-state index in [1.807, 2.05) is 30.1 Å². The Morgan fingerprint density at radius 2 is 2.14 bits per heavy atom. The third-order valence-electron chi connectivity index (χ3n) is 2.88. The molecule has 0 aliphatic carbocycles. The van der Waals surface area contributed by atoms with Gasteiger partial charge in [0.1, 0.15) is 4.34 Å². The number of rotatable bonds is 5. The number of carbonyl (C=O) groups is 1. The molecule has 1 aromatic carbocycles. The number of nitriles is 1. The van der Waals surface area contributed by atoms with Gasteiger partial charge in [-0.25, -0.2) is 0 Å². The molecule has 0 amide bonds. The Hall–Kier alpha value is -1.38. The average molecular weight is 339 g/mol. The molecule has 0 atom stereocenters. The molecule has 1 heterocycles. The van der Waals surface area contributed by atoms with Crippen LogP contribution in [0.15, 0.2) is 30.3 Å². The maximum atomic E-state index is 12.2. The molecule has 2 rings (SSSR count). The van der Waals surface area contributed by atoms with E-state index in [1.165, 1.54) is 11.3 Å². The van der Waals surface area contributed by atoms with E-state index in [1.54, 1.807) is 12.1 Å². The van der Waals surface area contributed by atoms with Gasteiger partial charge in [-0.05, 0) is 30.8 Å². The zero-order valence-electron chi connectivity index (χ0n) is 11.3. The Kier molecular flexibility index (Phi) is 5.38. The van der Waals surface area contributed by atoms with Crippen molar-refractivity contribution in [3.8, 4) is 6.07 Å². The van der Waals surface area contributed by atoms with Crippen LogP contribution in [0.4, 0.5) is 0 Å². The lowest BCUT2D eigenvalue weighted by atomic mass is 10.1. The highest BCUT2D eigenvalue weighted by atomic mass is 35.5. The molecule has 0 spiro atoms. The second kappa shape index (κ2) is 7.06. The van der Waals surface area contributed by atoms with Crippen molar-refractivity contribution < 1.29 is 4.79 Å². The van der Waals surface area contributed by atoms with Crippen LogP contribution in [0, 0.1) is 11.3 Å². The van der Waals surface area contributed by atoms with Gasteiger partial charge in [0.2, 0.25) is 0 Å². The number of Topliss-reactive ketones (excluding diaryl/α,β-unsaturated/α-hetero) is 1. The van der Waals surface area contributed by atoms with Crippen LogP contribution in [0.5, 0.6) is 0 Å². The number of nitrogens with zero attached hydrogens (tertiary/aromatic N) is 2. The Labute approximate surface area is 137 Å². The summed E-state index contributed by atoms with van der Waals surface area (Å²) in [5.41, 5.74) is 2.06. The molecule has 0 aliphatic rings. The fourth-order valence-corrected chi connectivity index (χ4v) is 3.47. The molecule has 21 heavy (non-hydrogen) atoms.